The fourth-order valence-corrected chi connectivity index (χ4v) is 6.83. The molecule has 1 aliphatic rings. The predicted molar refractivity (Wildman–Crippen MR) is 175 cm³/mol. The Kier molecular flexibility index (Phi) is 14.2. The number of carbonyl (C=O) groups excluding carboxylic acids is 1. The van der Waals surface area contributed by atoms with Crippen LogP contribution in [0, 0.1) is 5.92 Å². The van der Waals surface area contributed by atoms with Gasteiger partial charge in [-0.3, -0.25) is 9.69 Å². The van der Waals surface area contributed by atoms with Crippen molar-refractivity contribution in [2.24, 2.45) is 5.92 Å². The number of sulfonamides is 1. The van der Waals surface area contributed by atoms with Crippen LogP contribution in [0.25, 0.3) is 0 Å². The van der Waals surface area contributed by atoms with Gasteiger partial charge in [-0.25, -0.2) is 12.7 Å². The number of likely N-dealkylation sites (tertiary alicyclic amines) is 1. The van der Waals surface area contributed by atoms with Crippen LogP contribution in [0.5, 0.6) is 0 Å². The van der Waals surface area contributed by atoms with E-state index in [2.05, 4.69) is 29.3 Å². The molecule has 0 bridgehead atoms. The van der Waals surface area contributed by atoms with E-state index >= 15 is 0 Å². The monoisotopic (exact) mass is 627 g/mol. The second-order valence-electron chi connectivity index (χ2n) is 11.2. The van der Waals surface area contributed by atoms with Crippen LogP contribution < -0.4 is 5.32 Å². The summed E-state index contributed by atoms with van der Waals surface area (Å²) in [6.07, 6.45) is 4.49. The Bertz CT molecular complexity index is 1330. The molecule has 3 aromatic rings. The molecule has 43 heavy (non-hydrogen) atoms. The number of halogens is 1. The van der Waals surface area contributed by atoms with Gasteiger partial charge in [0.05, 0.1) is 17.0 Å². The summed E-state index contributed by atoms with van der Waals surface area (Å²) in [7, 11) is -1.93. The maximum absolute atomic E-state index is 13.3. The number of esters is 1. The van der Waals surface area contributed by atoms with Crippen LogP contribution in [0.2, 0.25) is 0 Å². The van der Waals surface area contributed by atoms with Gasteiger partial charge in [0, 0.05) is 26.7 Å². The number of hydrogen-bond donors (Lipinski definition) is 1. The SMILES string of the molecule is CCCCNC1CC(C(=O)OCc2ccccc2)CCN1CCC(CN(C)S(=O)(=O)c1ccccc1)c1ccccc1.Cl. The molecule has 9 heteroatoms. The third-order valence-corrected chi connectivity index (χ3v) is 9.98. The van der Waals surface area contributed by atoms with Gasteiger partial charge in [-0.2, -0.15) is 0 Å². The molecular weight excluding hydrogens is 582 g/mol. The zero-order valence-electron chi connectivity index (χ0n) is 25.3. The molecule has 0 amide bonds. The number of rotatable bonds is 15. The van der Waals surface area contributed by atoms with Crippen LogP contribution in [0.15, 0.2) is 95.9 Å². The Morgan fingerprint density at radius 3 is 2.28 bits per heavy atom. The lowest BCUT2D eigenvalue weighted by Gasteiger charge is -2.40. The van der Waals surface area contributed by atoms with Crippen LogP contribution in [0.1, 0.15) is 56.1 Å². The Morgan fingerprint density at radius 2 is 1.63 bits per heavy atom. The number of nitrogens with one attached hydrogen (secondary N) is 1. The van der Waals surface area contributed by atoms with Crippen molar-refractivity contribution in [3.05, 3.63) is 102 Å². The molecule has 1 N–H and O–H groups in total. The lowest BCUT2D eigenvalue weighted by atomic mass is 9.92. The van der Waals surface area contributed by atoms with Crippen LogP contribution in [0.3, 0.4) is 0 Å². The highest BCUT2D eigenvalue weighted by molar-refractivity contribution is 7.89. The van der Waals surface area contributed by atoms with Gasteiger partial charge in [-0.05, 0) is 61.4 Å². The molecule has 0 aromatic heterocycles. The molecule has 0 radical (unpaired) electrons. The van der Waals surface area contributed by atoms with Crippen molar-refractivity contribution in [3.63, 3.8) is 0 Å². The largest absolute Gasteiger partial charge is 0.461 e. The summed E-state index contributed by atoms with van der Waals surface area (Å²) >= 11 is 0. The molecule has 1 heterocycles. The van der Waals surface area contributed by atoms with E-state index < -0.39 is 10.0 Å². The summed E-state index contributed by atoms with van der Waals surface area (Å²) in [5.41, 5.74) is 2.12. The molecule has 7 nitrogen and oxygen atoms in total. The summed E-state index contributed by atoms with van der Waals surface area (Å²) in [5, 5.41) is 3.69. The minimum absolute atomic E-state index is 0. The van der Waals surface area contributed by atoms with Crippen molar-refractivity contribution in [2.45, 2.75) is 62.6 Å². The molecule has 3 atom stereocenters. The lowest BCUT2D eigenvalue weighted by Crippen LogP contribution is -2.52. The van der Waals surface area contributed by atoms with E-state index in [1.165, 1.54) is 4.31 Å². The quantitative estimate of drug-likeness (QED) is 0.163. The number of unbranched alkanes of at least 4 members (excludes halogenated alkanes) is 1. The van der Waals surface area contributed by atoms with Crippen molar-refractivity contribution in [1.29, 1.82) is 0 Å². The van der Waals surface area contributed by atoms with Crippen LogP contribution in [-0.4, -0.2) is 63.0 Å². The van der Waals surface area contributed by atoms with Crippen LogP contribution in [0.4, 0.5) is 0 Å². The number of ether oxygens (including phenoxy) is 1. The standard InChI is InChI=1S/C34H45N3O4S.ClH/c1-3-4-22-35-33-25-30(34(38)41-27-28-14-8-5-9-15-28)20-23-37(33)24-21-31(29-16-10-6-11-17-29)26-36(2)42(39,40)32-18-12-7-13-19-32;/h5-19,30-31,33,35H,3-4,20-27H2,1-2H3;1H. The Labute approximate surface area is 264 Å². The van der Waals surface area contributed by atoms with Crippen molar-refractivity contribution in [2.75, 3.05) is 33.2 Å². The first-order chi connectivity index (χ1) is 20.4. The maximum Gasteiger partial charge on any atom is 0.309 e. The van der Waals surface area contributed by atoms with E-state index in [0.717, 1.165) is 56.4 Å². The average molecular weight is 628 g/mol. The van der Waals surface area contributed by atoms with E-state index in [-0.39, 0.29) is 36.4 Å². The highest BCUT2D eigenvalue weighted by Crippen LogP contribution is 2.28. The van der Waals surface area contributed by atoms with E-state index in [1.54, 1.807) is 31.3 Å². The molecule has 0 spiro atoms. The number of benzene rings is 3. The molecule has 3 unspecified atom stereocenters. The van der Waals surface area contributed by atoms with Gasteiger partial charge in [-0.1, -0.05) is 92.2 Å². The van der Waals surface area contributed by atoms with E-state index in [0.29, 0.717) is 24.5 Å². The number of likely N-dealkylation sites (N-methyl/N-ethyl adjacent to an activating group) is 1. The van der Waals surface area contributed by atoms with Gasteiger partial charge in [0.1, 0.15) is 6.61 Å². The minimum Gasteiger partial charge on any atom is -0.461 e. The Balaban J connectivity index is 0.00000506. The van der Waals surface area contributed by atoms with Gasteiger partial charge in [0.2, 0.25) is 10.0 Å². The van der Waals surface area contributed by atoms with E-state index in [1.807, 2.05) is 54.6 Å². The minimum atomic E-state index is -3.60. The maximum atomic E-state index is 13.3. The fourth-order valence-electron chi connectivity index (χ4n) is 5.59. The van der Waals surface area contributed by atoms with Gasteiger partial charge in [0.25, 0.3) is 0 Å². The predicted octanol–water partition coefficient (Wildman–Crippen LogP) is 6.07. The van der Waals surface area contributed by atoms with Crippen molar-refractivity contribution < 1.29 is 17.9 Å². The first-order valence-corrected chi connectivity index (χ1v) is 16.6. The normalized spacial score (nSPS) is 18.1. The fraction of sp³-hybridized carbons (Fsp3) is 0.441. The second kappa shape index (κ2) is 17.5. The lowest BCUT2D eigenvalue weighted by molar-refractivity contribution is -0.152. The van der Waals surface area contributed by atoms with Gasteiger partial charge >= 0.3 is 5.97 Å². The smallest absolute Gasteiger partial charge is 0.309 e. The summed E-state index contributed by atoms with van der Waals surface area (Å²) in [5.74, 6) is -0.244. The van der Waals surface area contributed by atoms with Gasteiger partial charge in [0.15, 0.2) is 0 Å². The number of hydrogen-bond acceptors (Lipinski definition) is 6. The molecule has 1 saturated heterocycles. The zero-order valence-corrected chi connectivity index (χ0v) is 26.9. The zero-order chi connectivity index (χ0) is 29.8. The average Bonchev–Trinajstić information content (AvgIpc) is 3.03. The van der Waals surface area contributed by atoms with Crippen molar-refractivity contribution in [1.82, 2.24) is 14.5 Å². The number of carbonyl (C=O) groups is 1. The number of piperidine rings is 1. The molecule has 234 valence electrons. The van der Waals surface area contributed by atoms with Gasteiger partial charge in [-0.15, -0.1) is 12.4 Å². The molecule has 0 saturated carbocycles. The molecular formula is C34H46ClN3O4S. The number of nitrogens with zero attached hydrogens (tertiary/aromatic N) is 2. The molecule has 3 aromatic carbocycles. The first-order valence-electron chi connectivity index (χ1n) is 15.1. The molecule has 1 aliphatic heterocycles. The summed E-state index contributed by atoms with van der Waals surface area (Å²) < 4.78 is 33.8. The highest BCUT2D eigenvalue weighted by Gasteiger charge is 2.33. The van der Waals surface area contributed by atoms with E-state index in [9.17, 15) is 13.2 Å². The summed E-state index contributed by atoms with van der Waals surface area (Å²) in [6, 6.07) is 28.6. The van der Waals surface area contributed by atoms with Crippen LogP contribution >= 0.6 is 12.4 Å². The summed E-state index contributed by atoms with van der Waals surface area (Å²) in [6.45, 7) is 5.34. The van der Waals surface area contributed by atoms with Crippen molar-refractivity contribution >= 4 is 28.4 Å². The first kappa shape index (κ1) is 34.7. The Hall–Kier alpha value is -2.75. The van der Waals surface area contributed by atoms with Gasteiger partial charge < -0.3 is 10.1 Å². The molecule has 0 aliphatic carbocycles. The Morgan fingerprint density at radius 1 is 1.00 bits per heavy atom. The van der Waals surface area contributed by atoms with Crippen molar-refractivity contribution in [3.8, 4) is 0 Å². The molecule has 4 rings (SSSR count). The third kappa shape index (κ3) is 10.2. The van der Waals surface area contributed by atoms with Crippen LogP contribution in [-0.2, 0) is 26.2 Å². The highest BCUT2D eigenvalue weighted by atomic mass is 35.5. The topological polar surface area (TPSA) is 79.0 Å². The molecule has 1 fully saturated rings. The second-order valence-corrected chi connectivity index (χ2v) is 13.2. The summed E-state index contributed by atoms with van der Waals surface area (Å²) in [4.78, 5) is 15.7. The van der Waals surface area contributed by atoms with E-state index in [4.69, 9.17) is 4.74 Å². The third-order valence-electron chi connectivity index (χ3n) is 8.15.